The molecule has 0 radical (unpaired) electrons. The Morgan fingerprint density at radius 2 is 1.40 bits per heavy atom. The van der Waals surface area contributed by atoms with Gasteiger partial charge in [-0.3, -0.25) is 9.36 Å². The predicted molar refractivity (Wildman–Crippen MR) is 211 cm³/mol. The Hall–Kier alpha value is -6.51. The smallest absolute Gasteiger partial charge is 0.338 e. The molecule has 0 N–H and O–H groups in total. The van der Waals surface area contributed by atoms with E-state index in [4.69, 9.17) is 14.5 Å². The number of carbonyl (C=O) groups is 1. The summed E-state index contributed by atoms with van der Waals surface area (Å²) in [5.41, 5.74) is 7.79. The van der Waals surface area contributed by atoms with Gasteiger partial charge in [0.25, 0.3) is 5.56 Å². The molecule has 8 heteroatoms. The van der Waals surface area contributed by atoms with Gasteiger partial charge in [-0.15, -0.1) is 0 Å². The molecular weight excluding hydrogens is 679 g/mol. The number of hydrogen-bond donors (Lipinski definition) is 0. The maximum atomic E-state index is 14.9. The largest absolute Gasteiger partial charge is 0.497 e. The van der Waals surface area contributed by atoms with E-state index in [1.54, 1.807) is 18.6 Å². The molecule has 0 fully saturated rings. The van der Waals surface area contributed by atoms with Crippen LogP contribution < -0.4 is 19.6 Å². The first-order valence-electron chi connectivity index (χ1n) is 17.4. The van der Waals surface area contributed by atoms with Crippen LogP contribution in [0.4, 0.5) is 0 Å². The van der Waals surface area contributed by atoms with Crippen LogP contribution in [0.5, 0.6) is 5.75 Å². The summed E-state index contributed by atoms with van der Waals surface area (Å²) in [4.78, 5) is 34.4. The van der Waals surface area contributed by atoms with Crippen LogP contribution in [0.3, 0.4) is 0 Å². The van der Waals surface area contributed by atoms with Crippen molar-refractivity contribution < 1.29 is 14.3 Å². The van der Waals surface area contributed by atoms with E-state index in [2.05, 4.69) is 47.0 Å². The van der Waals surface area contributed by atoms with E-state index >= 15 is 0 Å². The molecule has 0 saturated heterocycles. The van der Waals surface area contributed by atoms with Crippen LogP contribution in [-0.2, 0) is 9.53 Å². The van der Waals surface area contributed by atoms with Crippen LogP contribution >= 0.6 is 11.3 Å². The molecule has 0 bridgehead atoms. The molecule has 0 aliphatic carbocycles. The van der Waals surface area contributed by atoms with Crippen molar-refractivity contribution in [2.24, 2.45) is 4.99 Å². The molecule has 1 atom stereocenters. The van der Waals surface area contributed by atoms with Crippen LogP contribution in [-0.4, -0.2) is 28.8 Å². The van der Waals surface area contributed by atoms with Crippen molar-refractivity contribution in [3.05, 3.63) is 194 Å². The molecule has 1 aliphatic rings. The van der Waals surface area contributed by atoms with E-state index in [0.717, 1.165) is 39.3 Å². The number of esters is 1. The average molecular weight is 714 g/mol. The highest BCUT2D eigenvalue weighted by Gasteiger charge is 2.35. The molecular formula is C45H35N3O4S. The van der Waals surface area contributed by atoms with Crippen molar-refractivity contribution in [3.8, 4) is 34.0 Å². The van der Waals surface area contributed by atoms with Gasteiger partial charge in [0.1, 0.15) is 5.75 Å². The number of hydrogen-bond acceptors (Lipinski definition) is 6. The van der Waals surface area contributed by atoms with Crippen LogP contribution in [0.2, 0.25) is 0 Å². The highest BCUT2D eigenvalue weighted by molar-refractivity contribution is 7.07. The summed E-state index contributed by atoms with van der Waals surface area (Å²) in [6, 6.07) is 49.0. The molecule has 1 aliphatic heterocycles. The minimum atomic E-state index is -0.819. The summed E-state index contributed by atoms with van der Waals surface area (Å²) in [6.07, 6.45) is 1.96. The number of fused-ring (bicyclic) bond motifs is 1. The number of para-hydroxylation sites is 1. The standard InChI is InChI=1S/C45H35N3O4S/c1-3-52-44(50)39-40(31-19-10-5-11-20-31)46-45-48(42(39)33-23-16-26-36(27-33)51-2)43(49)38(53-45)29-34-28-37(30-17-8-4-9-18-30)47(35-24-14-7-15-25-35)41(34)32-21-12-6-13-22-32/h4-29,42H,3H2,1-2H3/b38-29-/t42-/m1/s1. The van der Waals surface area contributed by atoms with Gasteiger partial charge in [0.2, 0.25) is 0 Å². The average Bonchev–Trinajstić information content (AvgIpc) is 3.75. The first-order chi connectivity index (χ1) is 26.1. The van der Waals surface area contributed by atoms with Gasteiger partial charge in [-0.05, 0) is 60.0 Å². The molecule has 0 spiro atoms. The summed E-state index contributed by atoms with van der Waals surface area (Å²) in [6.45, 7) is 1.94. The fourth-order valence-electron chi connectivity index (χ4n) is 6.91. The zero-order chi connectivity index (χ0) is 36.3. The second kappa shape index (κ2) is 14.6. The third kappa shape index (κ3) is 6.34. The summed E-state index contributed by atoms with van der Waals surface area (Å²) in [5, 5.41) is 0. The normalized spacial score (nSPS) is 14.1. The third-order valence-corrected chi connectivity index (χ3v) is 10.2. The van der Waals surface area contributed by atoms with E-state index in [1.165, 1.54) is 11.3 Å². The molecule has 260 valence electrons. The highest BCUT2D eigenvalue weighted by Crippen LogP contribution is 2.38. The van der Waals surface area contributed by atoms with Crippen LogP contribution in [0, 0.1) is 0 Å². The molecule has 0 unspecified atom stereocenters. The topological polar surface area (TPSA) is 74.8 Å². The van der Waals surface area contributed by atoms with Crippen LogP contribution in [0.15, 0.2) is 167 Å². The maximum absolute atomic E-state index is 14.9. The Morgan fingerprint density at radius 3 is 2.04 bits per heavy atom. The molecule has 7 aromatic rings. The van der Waals surface area contributed by atoms with Gasteiger partial charge in [0, 0.05) is 16.8 Å². The van der Waals surface area contributed by atoms with Crippen molar-refractivity contribution in [1.29, 1.82) is 0 Å². The second-order valence-electron chi connectivity index (χ2n) is 12.4. The Morgan fingerprint density at radius 1 is 0.774 bits per heavy atom. The number of benzene rings is 5. The fourth-order valence-corrected chi connectivity index (χ4v) is 7.90. The Balaban J connectivity index is 1.43. The van der Waals surface area contributed by atoms with E-state index in [1.807, 2.05) is 115 Å². The van der Waals surface area contributed by atoms with Gasteiger partial charge >= 0.3 is 5.97 Å². The Bertz CT molecular complexity index is 2640. The number of carbonyl (C=O) groups excluding carboxylic acids is 1. The molecule has 0 saturated carbocycles. The van der Waals surface area contributed by atoms with Gasteiger partial charge in [-0.25, -0.2) is 9.79 Å². The van der Waals surface area contributed by atoms with Crippen LogP contribution in [0.1, 0.15) is 29.7 Å². The van der Waals surface area contributed by atoms with Gasteiger partial charge in [-0.2, -0.15) is 0 Å². The summed E-state index contributed by atoms with van der Waals surface area (Å²) in [7, 11) is 1.59. The van der Waals surface area contributed by atoms with E-state index < -0.39 is 12.0 Å². The lowest BCUT2D eigenvalue weighted by molar-refractivity contribution is -0.138. The van der Waals surface area contributed by atoms with Gasteiger partial charge < -0.3 is 14.0 Å². The van der Waals surface area contributed by atoms with Gasteiger partial charge in [0.15, 0.2) is 4.80 Å². The molecule has 5 aromatic carbocycles. The lowest BCUT2D eigenvalue weighted by Crippen LogP contribution is -2.40. The van der Waals surface area contributed by atoms with Crippen molar-refractivity contribution in [2.45, 2.75) is 13.0 Å². The molecule has 0 amide bonds. The highest BCUT2D eigenvalue weighted by atomic mass is 32.1. The number of nitrogens with zero attached hydrogens (tertiary/aromatic N) is 3. The molecule has 3 heterocycles. The minimum Gasteiger partial charge on any atom is -0.497 e. The summed E-state index contributed by atoms with van der Waals surface area (Å²) >= 11 is 1.30. The summed E-state index contributed by atoms with van der Waals surface area (Å²) < 4.78 is 15.6. The third-order valence-electron chi connectivity index (χ3n) is 9.23. The van der Waals surface area contributed by atoms with Crippen LogP contribution in [0.25, 0.3) is 40.0 Å². The van der Waals surface area contributed by atoms with E-state index in [-0.39, 0.29) is 17.7 Å². The number of methoxy groups -OCH3 is 1. The first kappa shape index (κ1) is 33.6. The Labute approximate surface area is 310 Å². The maximum Gasteiger partial charge on any atom is 0.338 e. The zero-order valence-corrected chi connectivity index (χ0v) is 30.0. The zero-order valence-electron chi connectivity index (χ0n) is 29.2. The molecule has 2 aromatic heterocycles. The fraction of sp³-hybridized carbons (Fsp3) is 0.0889. The lowest BCUT2D eigenvalue weighted by atomic mass is 9.93. The van der Waals surface area contributed by atoms with Gasteiger partial charge in [-0.1, -0.05) is 133 Å². The van der Waals surface area contributed by atoms with Crippen molar-refractivity contribution in [3.63, 3.8) is 0 Å². The SMILES string of the molecule is CCOC(=O)C1=C(c2ccccc2)N=c2s/c(=C\c3cc(-c4ccccc4)n(-c4ccccc4)c3-c3ccccc3)c(=O)n2[C@@H]1c1cccc(OC)c1. The number of rotatable bonds is 9. The monoisotopic (exact) mass is 713 g/mol. The quantitative estimate of drug-likeness (QED) is 0.142. The molecule has 8 rings (SSSR count). The van der Waals surface area contributed by atoms with Gasteiger partial charge in [0.05, 0.1) is 46.9 Å². The molecule has 53 heavy (non-hydrogen) atoms. The predicted octanol–water partition coefficient (Wildman–Crippen LogP) is 8.07. The van der Waals surface area contributed by atoms with Crippen molar-refractivity contribution in [2.75, 3.05) is 13.7 Å². The minimum absolute atomic E-state index is 0.171. The number of aromatic nitrogens is 2. The first-order valence-corrected chi connectivity index (χ1v) is 18.2. The Kier molecular flexibility index (Phi) is 9.27. The lowest BCUT2D eigenvalue weighted by Gasteiger charge is -2.26. The number of ether oxygens (including phenoxy) is 2. The second-order valence-corrected chi connectivity index (χ2v) is 13.5. The number of thiazole rings is 1. The van der Waals surface area contributed by atoms with E-state index in [0.29, 0.717) is 26.3 Å². The molecule has 7 nitrogen and oxygen atoms in total. The van der Waals surface area contributed by atoms with Crippen molar-refractivity contribution in [1.82, 2.24) is 9.13 Å². The summed E-state index contributed by atoms with van der Waals surface area (Å²) in [5.74, 6) is 0.0744. The van der Waals surface area contributed by atoms with Crippen molar-refractivity contribution >= 4 is 29.1 Å². The van der Waals surface area contributed by atoms with E-state index in [9.17, 15) is 9.59 Å².